The fourth-order valence-corrected chi connectivity index (χ4v) is 5.12. The summed E-state index contributed by atoms with van der Waals surface area (Å²) in [6.45, 7) is 0.173. The third-order valence-corrected chi connectivity index (χ3v) is 6.61. The van der Waals surface area contributed by atoms with Gasteiger partial charge in [-0.05, 0) is 48.0 Å². The Morgan fingerprint density at radius 3 is 2.69 bits per heavy atom. The van der Waals surface area contributed by atoms with Crippen molar-refractivity contribution in [3.8, 4) is 22.9 Å². The molecule has 32 heavy (non-hydrogen) atoms. The molecule has 164 valence electrons. The van der Waals surface area contributed by atoms with Crippen LogP contribution in [0.15, 0.2) is 48.5 Å². The van der Waals surface area contributed by atoms with Gasteiger partial charge in [-0.3, -0.25) is 4.79 Å². The fourth-order valence-electron chi connectivity index (χ4n) is 3.63. The van der Waals surface area contributed by atoms with Crippen LogP contribution in [-0.2, 0) is 26.1 Å². The molecule has 1 amide bonds. The van der Waals surface area contributed by atoms with Crippen LogP contribution in [0.1, 0.15) is 16.8 Å². The van der Waals surface area contributed by atoms with Gasteiger partial charge in [-0.1, -0.05) is 6.07 Å². The summed E-state index contributed by atoms with van der Waals surface area (Å²) in [6.07, 6.45) is 3.01. The minimum Gasteiger partial charge on any atom is -0.497 e. The van der Waals surface area contributed by atoms with Crippen molar-refractivity contribution >= 4 is 27.6 Å². The largest absolute Gasteiger partial charge is 0.497 e. The normalized spacial score (nSPS) is 15.7. The number of sulfone groups is 1. The predicted octanol–water partition coefficient (Wildman–Crippen LogP) is 2.69. The van der Waals surface area contributed by atoms with Gasteiger partial charge in [0.25, 0.3) is 0 Å². The van der Waals surface area contributed by atoms with Gasteiger partial charge in [0, 0.05) is 11.6 Å². The maximum atomic E-state index is 12.7. The van der Waals surface area contributed by atoms with Crippen LogP contribution in [0.5, 0.6) is 17.2 Å². The number of ether oxygens (including phenoxy) is 3. The Morgan fingerprint density at radius 1 is 1.12 bits per heavy atom. The number of carbonyl (C=O) groups excluding carboxylic acids is 1. The van der Waals surface area contributed by atoms with Crippen molar-refractivity contribution in [2.75, 3.05) is 19.2 Å². The molecule has 3 heterocycles. The van der Waals surface area contributed by atoms with E-state index in [1.165, 1.54) is 6.08 Å². The minimum absolute atomic E-state index is 0.151. The van der Waals surface area contributed by atoms with Crippen LogP contribution in [-0.4, -0.2) is 38.0 Å². The highest BCUT2D eigenvalue weighted by Crippen LogP contribution is 2.34. The number of nitrogens with one attached hydrogen (secondary N) is 1. The topological polar surface area (TPSA) is 109 Å². The lowest BCUT2D eigenvalue weighted by molar-refractivity contribution is -0.111. The molecule has 0 aliphatic carbocycles. The molecule has 2 aromatic carbocycles. The van der Waals surface area contributed by atoms with E-state index in [9.17, 15) is 13.2 Å². The molecule has 3 aromatic rings. The van der Waals surface area contributed by atoms with Gasteiger partial charge >= 0.3 is 0 Å². The van der Waals surface area contributed by atoms with Crippen molar-refractivity contribution in [2.45, 2.75) is 11.5 Å². The van der Waals surface area contributed by atoms with E-state index in [0.29, 0.717) is 40.0 Å². The standard InChI is InChI=1S/C22H19N3O6S/c1-29-16-6-4-15(5-7-16)25-22(17-11-32(27,28)12-18(17)24-25)23-21(26)9-3-14-2-8-19-20(10-14)31-13-30-19/h2-10H,11-13H2,1H3,(H,23,26)/b9-3-. The van der Waals surface area contributed by atoms with Gasteiger partial charge in [0.15, 0.2) is 21.3 Å². The minimum atomic E-state index is -3.28. The summed E-state index contributed by atoms with van der Waals surface area (Å²) in [7, 11) is -1.71. The first-order chi connectivity index (χ1) is 15.4. The van der Waals surface area contributed by atoms with Crippen LogP contribution in [0.3, 0.4) is 0 Å². The van der Waals surface area contributed by atoms with Gasteiger partial charge in [0.05, 0.1) is 30.0 Å². The van der Waals surface area contributed by atoms with Crippen molar-refractivity contribution in [3.63, 3.8) is 0 Å². The zero-order valence-electron chi connectivity index (χ0n) is 17.1. The predicted molar refractivity (Wildman–Crippen MR) is 117 cm³/mol. The first-order valence-electron chi connectivity index (χ1n) is 9.76. The van der Waals surface area contributed by atoms with Crippen LogP contribution < -0.4 is 19.5 Å². The van der Waals surface area contributed by atoms with Crippen LogP contribution in [0.4, 0.5) is 5.82 Å². The second-order valence-corrected chi connectivity index (χ2v) is 9.42. The summed E-state index contributed by atoms with van der Waals surface area (Å²) in [5.74, 6) is 1.56. The summed E-state index contributed by atoms with van der Waals surface area (Å²) in [6, 6.07) is 12.5. The number of amides is 1. The number of aromatic nitrogens is 2. The number of benzene rings is 2. The summed E-state index contributed by atoms with van der Waals surface area (Å²) in [4.78, 5) is 12.7. The van der Waals surface area contributed by atoms with Crippen LogP contribution in [0, 0.1) is 0 Å². The van der Waals surface area contributed by atoms with E-state index in [1.54, 1.807) is 54.3 Å². The quantitative estimate of drug-likeness (QED) is 0.592. The highest BCUT2D eigenvalue weighted by molar-refractivity contribution is 7.90. The summed E-state index contributed by atoms with van der Waals surface area (Å²) in [5.41, 5.74) is 2.38. The molecule has 0 saturated carbocycles. The van der Waals surface area contributed by atoms with Crippen molar-refractivity contribution in [1.29, 1.82) is 0 Å². The van der Waals surface area contributed by atoms with Gasteiger partial charge in [-0.25, -0.2) is 13.1 Å². The first kappa shape index (κ1) is 20.1. The SMILES string of the molecule is COc1ccc(-n2nc3c(c2NC(=O)/C=C\c2ccc4c(c2)OCO4)CS(=O)(=O)C3)cc1. The Labute approximate surface area is 184 Å². The van der Waals surface area contributed by atoms with Crippen molar-refractivity contribution in [2.24, 2.45) is 0 Å². The number of carbonyl (C=O) groups is 1. The van der Waals surface area contributed by atoms with Gasteiger partial charge in [-0.2, -0.15) is 5.10 Å². The Morgan fingerprint density at radius 2 is 1.91 bits per heavy atom. The first-order valence-corrected chi connectivity index (χ1v) is 11.6. The summed E-state index contributed by atoms with van der Waals surface area (Å²) in [5, 5.41) is 7.25. The molecule has 0 bridgehead atoms. The second kappa shape index (κ2) is 7.72. The van der Waals surface area contributed by atoms with E-state index < -0.39 is 15.7 Å². The van der Waals surface area contributed by atoms with Crippen LogP contribution >= 0.6 is 0 Å². The summed E-state index contributed by atoms with van der Waals surface area (Å²) >= 11 is 0. The number of hydrogen-bond donors (Lipinski definition) is 1. The lowest BCUT2D eigenvalue weighted by Crippen LogP contribution is -2.14. The fraction of sp³-hybridized carbons (Fsp3) is 0.182. The number of rotatable bonds is 5. The number of anilines is 1. The zero-order chi connectivity index (χ0) is 22.3. The van der Waals surface area contributed by atoms with Gasteiger partial charge in [0.2, 0.25) is 12.7 Å². The average molecular weight is 453 g/mol. The summed E-state index contributed by atoms with van der Waals surface area (Å²) < 4.78 is 41.6. The van der Waals surface area contributed by atoms with Gasteiger partial charge in [0.1, 0.15) is 11.6 Å². The van der Waals surface area contributed by atoms with E-state index in [4.69, 9.17) is 14.2 Å². The molecular weight excluding hydrogens is 434 g/mol. The molecule has 0 atom stereocenters. The third-order valence-electron chi connectivity index (χ3n) is 5.17. The van der Waals surface area contributed by atoms with E-state index in [2.05, 4.69) is 10.4 Å². The molecule has 0 saturated heterocycles. The third kappa shape index (κ3) is 3.80. The highest BCUT2D eigenvalue weighted by Gasteiger charge is 2.33. The molecule has 2 aliphatic rings. The molecule has 1 aromatic heterocycles. The van der Waals surface area contributed by atoms with Crippen LogP contribution in [0.2, 0.25) is 0 Å². The van der Waals surface area contributed by atoms with Crippen molar-refractivity contribution in [3.05, 3.63) is 65.4 Å². The molecule has 2 aliphatic heterocycles. The highest BCUT2D eigenvalue weighted by atomic mass is 32.2. The maximum absolute atomic E-state index is 12.7. The van der Waals surface area contributed by atoms with E-state index in [-0.39, 0.29) is 18.3 Å². The Bertz CT molecular complexity index is 1340. The van der Waals surface area contributed by atoms with Gasteiger partial charge < -0.3 is 19.5 Å². The molecule has 0 spiro atoms. The van der Waals surface area contributed by atoms with E-state index in [1.807, 2.05) is 6.07 Å². The average Bonchev–Trinajstić information content (AvgIpc) is 3.45. The molecule has 9 nitrogen and oxygen atoms in total. The van der Waals surface area contributed by atoms with E-state index in [0.717, 1.165) is 5.56 Å². The molecule has 0 radical (unpaired) electrons. The number of fused-ring (bicyclic) bond motifs is 2. The second-order valence-electron chi connectivity index (χ2n) is 7.35. The van der Waals surface area contributed by atoms with Crippen molar-refractivity contribution in [1.82, 2.24) is 9.78 Å². The molecule has 0 unspecified atom stereocenters. The monoisotopic (exact) mass is 453 g/mol. The van der Waals surface area contributed by atoms with Crippen molar-refractivity contribution < 1.29 is 27.4 Å². The van der Waals surface area contributed by atoms with Gasteiger partial charge in [-0.15, -0.1) is 0 Å². The number of nitrogens with zero attached hydrogens (tertiary/aromatic N) is 2. The molecule has 5 rings (SSSR count). The Hall–Kier alpha value is -3.79. The maximum Gasteiger partial charge on any atom is 0.249 e. The number of methoxy groups -OCH3 is 1. The Balaban J connectivity index is 1.43. The molecule has 0 fully saturated rings. The molecule has 10 heteroatoms. The molecule has 1 N–H and O–H groups in total. The van der Waals surface area contributed by atoms with E-state index >= 15 is 0 Å². The molecular formula is C22H19N3O6S. The lowest BCUT2D eigenvalue weighted by Gasteiger charge is -2.10. The Kier molecular flexibility index (Phi) is 4.86. The van der Waals surface area contributed by atoms with Crippen LogP contribution in [0.25, 0.3) is 11.8 Å². The smallest absolute Gasteiger partial charge is 0.249 e. The number of hydrogen-bond acceptors (Lipinski definition) is 7. The zero-order valence-corrected chi connectivity index (χ0v) is 17.9. The lowest BCUT2D eigenvalue weighted by atomic mass is 10.2.